The van der Waals surface area contributed by atoms with Gasteiger partial charge >= 0.3 is 10.1 Å². The zero-order valence-electron chi connectivity index (χ0n) is 17.1. The average Bonchev–Trinajstić information content (AvgIpc) is 3.29. The smallest absolute Gasteiger partial charge is 0.309 e. The molecule has 1 amide bonds. The molecule has 0 atom stereocenters. The molecule has 2 aromatic carbocycles. The number of rotatable bonds is 9. The number of carbonyl (C=O) groups excluding carboxylic acids is 1. The van der Waals surface area contributed by atoms with Crippen molar-refractivity contribution in [3.8, 4) is 11.5 Å². The molecule has 0 bridgehead atoms. The minimum atomic E-state index is -3.77. The highest BCUT2D eigenvalue weighted by Crippen LogP contribution is 2.30. The van der Waals surface area contributed by atoms with Crippen LogP contribution in [0.2, 0.25) is 0 Å². The Morgan fingerprint density at radius 1 is 1.03 bits per heavy atom. The molecule has 0 aliphatic carbocycles. The highest BCUT2D eigenvalue weighted by molar-refractivity contribution is 7.87. The van der Waals surface area contributed by atoms with Crippen molar-refractivity contribution < 1.29 is 30.9 Å². The summed E-state index contributed by atoms with van der Waals surface area (Å²) >= 11 is 0. The van der Waals surface area contributed by atoms with Crippen molar-refractivity contribution in [2.45, 2.75) is 20.0 Å². The van der Waals surface area contributed by atoms with E-state index >= 15 is 0 Å². The van der Waals surface area contributed by atoms with E-state index in [4.69, 9.17) is 13.3 Å². The Labute approximate surface area is 180 Å². The van der Waals surface area contributed by atoms with Crippen molar-refractivity contribution >= 4 is 16.0 Å². The van der Waals surface area contributed by atoms with Crippen LogP contribution in [-0.4, -0.2) is 32.1 Å². The summed E-state index contributed by atoms with van der Waals surface area (Å²) in [7, 11) is -2.36. The minimum Gasteiger partial charge on any atom is -0.493 e. The van der Waals surface area contributed by atoms with Crippen molar-refractivity contribution in [2.24, 2.45) is 0 Å². The summed E-state index contributed by atoms with van der Waals surface area (Å²) in [6, 6.07) is 13.8. The highest BCUT2D eigenvalue weighted by Gasteiger charge is 2.21. The van der Waals surface area contributed by atoms with E-state index in [2.05, 4.69) is 0 Å². The summed E-state index contributed by atoms with van der Waals surface area (Å²) < 4.78 is 52.7. The zero-order valence-corrected chi connectivity index (χ0v) is 17.9. The van der Waals surface area contributed by atoms with Gasteiger partial charge in [-0.3, -0.25) is 4.79 Å². The van der Waals surface area contributed by atoms with Crippen LogP contribution < -0.4 is 8.92 Å². The molecule has 9 heteroatoms. The van der Waals surface area contributed by atoms with Crippen molar-refractivity contribution in [1.82, 2.24) is 4.90 Å². The van der Waals surface area contributed by atoms with Gasteiger partial charge in [0.15, 0.2) is 17.3 Å². The van der Waals surface area contributed by atoms with Gasteiger partial charge in [0.2, 0.25) is 0 Å². The number of benzene rings is 2. The molecule has 0 radical (unpaired) electrons. The molecule has 1 heterocycles. The molecule has 1 aromatic heterocycles. The molecule has 0 saturated heterocycles. The predicted octanol–water partition coefficient (Wildman–Crippen LogP) is 4.00. The first-order valence-electron chi connectivity index (χ1n) is 9.47. The SMILES string of the molecule is CCS(=O)(=O)Oc1cc(CN(Cc2ccc(F)cc2)C(=O)c2ccco2)ccc1OC. The molecule has 0 saturated carbocycles. The molecule has 31 heavy (non-hydrogen) atoms. The standard InChI is InChI=1S/C22H22FNO6S/c1-3-31(26,27)30-21-13-17(8-11-19(21)28-2)15-24(22(25)20-5-4-12-29-20)14-16-6-9-18(23)10-7-16/h4-13H,3,14-15H2,1-2H3. The third kappa shape index (κ3) is 5.85. The maximum Gasteiger partial charge on any atom is 0.309 e. The molecule has 164 valence electrons. The van der Waals surface area contributed by atoms with Crippen LogP contribution in [0.3, 0.4) is 0 Å². The van der Waals surface area contributed by atoms with Gasteiger partial charge in [-0.05, 0) is 54.4 Å². The Morgan fingerprint density at radius 3 is 2.32 bits per heavy atom. The predicted molar refractivity (Wildman–Crippen MR) is 112 cm³/mol. The molecular formula is C22H22FNO6S. The lowest BCUT2D eigenvalue weighted by atomic mass is 10.1. The second kappa shape index (κ2) is 9.65. The topological polar surface area (TPSA) is 86.1 Å². The van der Waals surface area contributed by atoms with Crippen molar-refractivity contribution in [2.75, 3.05) is 12.9 Å². The third-order valence-electron chi connectivity index (χ3n) is 4.48. The number of hydrogen-bond acceptors (Lipinski definition) is 6. The van der Waals surface area contributed by atoms with Gasteiger partial charge in [0.05, 0.1) is 19.1 Å². The number of amides is 1. The van der Waals surface area contributed by atoms with Crippen LogP contribution in [0.4, 0.5) is 4.39 Å². The van der Waals surface area contributed by atoms with E-state index in [-0.39, 0.29) is 47.8 Å². The molecule has 7 nitrogen and oxygen atoms in total. The number of halogens is 1. The van der Waals surface area contributed by atoms with Crippen molar-refractivity contribution in [3.63, 3.8) is 0 Å². The van der Waals surface area contributed by atoms with Gasteiger partial charge in [0.1, 0.15) is 5.82 Å². The molecular weight excluding hydrogens is 425 g/mol. The normalized spacial score (nSPS) is 11.2. The molecule has 0 aliphatic heterocycles. The van der Waals surface area contributed by atoms with Crippen molar-refractivity contribution in [3.05, 3.63) is 83.6 Å². The second-order valence-electron chi connectivity index (χ2n) is 6.68. The Morgan fingerprint density at radius 2 is 1.71 bits per heavy atom. The van der Waals surface area contributed by atoms with Gasteiger partial charge < -0.3 is 18.2 Å². The Kier molecular flexibility index (Phi) is 6.96. The Balaban J connectivity index is 1.91. The van der Waals surface area contributed by atoms with Crippen LogP contribution in [-0.2, 0) is 23.2 Å². The van der Waals surface area contributed by atoms with E-state index in [0.717, 1.165) is 5.56 Å². The number of methoxy groups -OCH3 is 1. The van der Waals surface area contributed by atoms with Gasteiger partial charge in [-0.2, -0.15) is 8.42 Å². The molecule has 0 spiro atoms. The molecule has 0 unspecified atom stereocenters. The summed E-state index contributed by atoms with van der Waals surface area (Å²) in [4.78, 5) is 14.5. The number of nitrogens with zero attached hydrogens (tertiary/aromatic N) is 1. The number of ether oxygens (including phenoxy) is 1. The molecule has 3 rings (SSSR count). The monoisotopic (exact) mass is 447 g/mol. The number of furan rings is 1. The first-order valence-corrected chi connectivity index (χ1v) is 11.1. The van der Waals surface area contributed by atoms with E-state index in [1.807, 2.05) is 0 Å². The van der Waals surface area contributed by atoms with E-state index in [9.17, 15) is 17.6 Å². The number of hydrogen-bond donors (Lipinski definition) is 0. The van der Waals surface area contributed by atoms with Crippen LogP contribution in [0.5, 0.6) is 11.5 Å². The van der Waals surface area contributed by atoms with E-state index in [1.54, 1.807) is 36.4 Å². The Hall–Kier alpha value is -3.33. The zero-order chi connectivity index (χ0) is 22.4. The minimum absolute atomic E-state index is 0.0361. The fourth-order valence-electron chi connectivity index (χ4n) is 2.87. The lowest BCUT2D eigenvalue weighted by Crippen LogP contribution is -2.30. The molecule has 0 N–H and O–H groups in total. The van der Waals surface area contributed by atoms with Gasteiger partial charge in [-0.25, -0.2) is 4.39 Å². The summed E-state index contributed by atoms with van der Waals surface area (Å²) in [5, 5.41) is 0. The summed E-state index contributed by atoms with van der Waals surface area (Å²) in [6.07, 6.45) is 1.40. The number of carbonyl (C=O) groups is 1. The largest absolute Gasteiger partial charge is 0.493 e. The van der Waals surface area contributed by atoms with Gasteiger partial charge in [-0.1, -0.05) is 18.2 Å². The second-order valence-corrected chi connectivity index (χ2v) is 8.54. The van der Waals surface area contributed by atoms with Gasteiger partial charge in [0, 0.05) is 13.1 Å². The van der Waals surface area contributed by atoms with Crippen molar-refractivity contribution in [1.29, 1.82) is 0 Å². The molecule has 0 fully saturated rings. The van der Waals surface area contributed by atoms with E-state index in [1.165, 1.54) is 43.4 Å². The lowest BCUT2D eigenvalue weighted by molar-refractivity contribution is 0.0697. The molecule has 0 aliphatic rings. The maximum atomic E-state index is 13.3. The summed E-state index contributed by atoms with van der Waals surface area (Å²) in [5.41, 5.74) is 1.34. The van der Waals surface area contributed by atoms with Crippen LogP contribution in [0.1, 0.15) is 28.6 Å². The van der Waals surface area contributed by atoms with Crippen LogP contribution in [0.25, 0.3) is 0 Å². The van der Waals surface area contributed by atoms with Crippen LogP contribution in [0, 0.1) is 5.82 Å². The molecule has 3 aromatic rings. The van der Waals surface area contributed by atoms with E-state index in [0.29, 0.717) is 5.56 Å². The first kappa shape index (κ1) is 22.4. The fourth-order valence-corrected chi connectivity index (χ4v) is 3.39. The van der Waals surface area contributed by atoms with Crippen LogP contribution >= 0.6 is 0 Å². The first-order chi connectivity index (χ1) is 14.8. The maximum absolute atomic E-state index is 13.3. The quantitative estimate of drug-likeness (QED) is 0.461. The van der Waals surface area contributed by atoms with E-state index < -0.39 is 10.1 Å². The third-order valence-corrected chi connectivity index (χ3v) is 5.62. The lowest BCUT2D eigenvalue weighted by Gasteiger charge is -2.22. The fraction of sp³-hybridized carbons (Fsp3) is 0.227. The van der Waals surface area contributed by atoms with Gasteiger partial charge in [-0.15, -0.1) is 0 Å². The van der Waals surface area contributed by atoms with Crippen LogP contribution in [0.15, 0.2) is 65.3 Å². The average molecular weight is 447 g/mol. The summed E-state index contributed by atoms with van der Waals surface area (Å²) in [5.74, 6) is -0.498. The highest BCUT2D eigenvalue weighted by atomic mass is 32.2. The Bertz CT molecular complexity index is 1130. The van der Waals surface area contributed by atoms with Gasteiger partial charge in [0.25, 0.3) is 5.91 Å². The summed E-state index contributed by atoms with van der Waals surface area (Å²) in [6.45, 7) is 1.79.